The Hall–Kier alpha value is -2.56. The molecule has 0 bridgehead atoms. The van der Waals surface area contributed by atoms with Crippen LogP contribution in [0.1, 0.15) is 12.8 Å². The Bertz CT molecular complexity index is 617. The van der Waals surface area contributed by atoms with Crippen molar-refractivity contribution in [2.75, 3.05) is 17.7 Å². The van der Waals surface area contributed by atoms with Crippen LogP contribution in [-0.4, -0.2) is 12.5 Å². The lowest BCUT2D eigenvalue weighted by Gasteiger charge is -2.08. The maximum atomic E-state index is 13.0. The van der Waals surface area contributed by atoms with Crippen molar-refractivity contribution in [3.63, 3.8) is 0 Å². The van der Waals surface area contributed by atoms with E-state index < -0.39 is 0 Å². The van der Waals surface area contributed by atoms with Gasteiger partial charge in [-0.2, -0.15) is 0 Å². The van der Waals surface area contributed by atoms with Gasteiger partial charge in [0.1, 0.15) is 11.6 Å². The topological polar surface area (TPSA) is 64.3 Å². The van der Waals surface area contributed by atoms with Crippen LogP contribution in [0, 0.1) is 5.82 Å². The standard InChI is InChI=1S/C16H17FN2O2/c17-12-5-3-6-13(11-12)19-16(20)9-4-10-21-15-8-2-1-7-14(15)18/h1-3,5-8,11H,4,9-10,18H2,(H,19,20). The Kier molecular flexibility index (Phi) is 5.15. The molecule has 0 aliphatic heterocycles. The Balaban J connectivity index is 1.71. The quantitative estimate of drug-likeness (QED) is 0.633. The van der Waals surface area contributed by atoms with E-state index in [1.807, 2.05) is 12.1 Å². The molecule has 3 N–H and O–H groups in total. The third-order valence-electron chi connectivity index (χ3n) is 2.83. The van der Waals surface area contributed by atoms with E-state index in [4.69, 9.17) is 10.5 Å². The van der Waals surface area contributed by atoms with Gasteiger partial charge in [0.2, 0.25) is 5.91 Å². The fraction of sp³-hybridized carbons (Fsp3) is 0.188. The molecule has 4 nitrogen and oxygen atoms in total. The Morgan fingerprint density at radius 1 is 1.19 bits per heavy atom. The van der Waals surface area contributed by atoms with Crippen LogP contribution in [0.3, 0.4) is 0 Å². The molecule has 21 heavy (non-hydrogen) atoms. The van der Waals surface area contributed by atoms with E-state index >= 15 is 0 Å². The van der Waals surface area contributed by atoms with E-state index in [1.165, 1.54) is 12.1 Å². The Labute approximate surface area is 122 Å². The molecular weight excluding hydrogens is 271 g/mol. The van der Waals surface area contributed by atoms with Crippen LogP contribution in [0.4, 0.5) is 15.8 Å². The number of benzene rings is 2. The van der Waals surface area contributed by atoms with Crippen molar-refractivity contribution < 1.29 is 13.9 Å². The number of amides is 1. The highest BCUT2D eigenvalue weighted by Gasteiger charge is 2.04. The van der Waals surface area contributed by atoms with Gasteiger partial charge in [-0.3, -0.25) is 4.79 Å². The van der Waals surface area contributed by atoms with Crippen LogP contribution in [0.15, 0.2) is 48.5 Å². The number of nitrogens with one attached hydrogen (secondary N) is 1. The summed E-state index contributed by atoms with van der Waals surface area (Å²) in [5, 5.41) is 2.63. The molecule has 110 valence electrons. The minimum atomic E-state index is -0.379. The van der Waals surface area contributed by atoms with Crippen molar-refractivity contribution in [2.45, 2.75) is 12.8 Å². The number of carbonyl (C=O) groups excluding carboxylic acids is 1. The van der Waals surface area contributed by atoms with E-state index in [9.17, 15) is 9.18 Å². The van der Waals surface area contributed by atoms with Gasteiger partial charge in [0.15, 0.2) is 0 Å². The highest BCUT2D eigenvalue weighted by Crippen LogP contribution is 2.19. The number of ether oxygens (including phenoxy) is 1. The predicted molar refractivity (Wildman–Crippen MR) is 80.6 cm³/mol. The molecule has 0 spiro atoms. The van der Waals surface area contributed by atoms with Crippen LogP contribution in [0.5, 0.6) is 5.75 Å². The van der Waals surface area contributed by atoms with Crippen molar-refractivity contribution in [3.8, 4) is 5.75 Å². The molecule has 2 aromatic rings. The maximum absolute atomic E-state index is 13.0. The molecule has 0 saturated carbocycles. The molecule has 0 radical (unpaired) electrons. The number of hydrogen-bond acceptors (Lipinski definition) is 3. The maximum Gasteiger partial charge on any atom is 0.224 e. The second kappa shape index (κ2) is 7.28. The van der Waals surface area contributed by atoms with Crippen molar-refractivity contribution in [2.24, 2.45) is 0 Å². The molecular formula is C16H17FN2O2. The average molecular weight is 288 g/mol. The number of halogens is 1. The van der Waals surface area contributed by atoms with E-state index in [0.717, 1.165) is 0 Å². The molecule has 2 rings (SSSR count). The summed E-state index contributed by atoms with van der Waals surface area (Å²) >= 11 is 0. The van der Waals surface area contributed by atoms with Crippen LogP contribution in [-0.2, 0) is 4.79 Å². The average Bonchev–Trinajstić information content (AvgIpc) is 2.45. The van der Waals surface area contributed by atoms with E-state index in [1.54, 1.807) is 24.3 Å². The van der Waals surface area contributed by atoms with Gasteiger partial charge in [-0.1, -0.05) is 18.2 Å². The largest absolute Gasteiger partial charge is 0.491 e. The fourth-order valence-corrected chi connectivity index (χ4v) is 1.82. The number of nitrogens with two attached hydrogens (primary N) is 1. The van der Waals surface area contributed by atoms with Gasteiger partial charge in [-0.15, -0.1) is 0 Å². The molecule has 2 aromatic carbocycles. The van der Waals surface area contributed by atoms with Crippen molar-refractivity contribution in [1.29, 1.82) is 0 Å². The summed E-state index contributed by atoms with van der Waals surface area (Å²) in [5.74, 6) is 0.0592. The Morgan fingerprint density at radius 3 is 2.76 bits per heavy atom. The highest BCUT2D eigenvalue weighted by atomic mass is 19.1. The Morgan fingerprint density at radius 2 is 2.00 bits per heavy atom. The molecule has 0 atom stereocenters. The molecule has 0 saturated heterocycles. The fourth-order valence-electron chi connectivity index (χ4n) is 1.82. The minimum Gasteiger partial charge on any atom is -0.491 e. The molecule has 0 aliphatic rings. The van der Waals surface area contributed by atoms with Crippen molar-refractivity contribution in [1.82, 2.24) is 0 Å². The third kappa shape index (κ3) is 4.80. The summed E-state index contributed by atoms with van der Waals surface area (Å²) in [7, 11) is 0. The lowest BCUT2D eigenvalue weighted by Crippen LogP contribution is -2.13. The van der Waals surface area contributed by atoms with Crippen LogP contribution in [0.2, 0.25) is 0 Å². The molecule has 0 aromatic heterocycles. The minimum absolute atomic E-state index is 0.176. The first kappa shape index (κ1) is 14.8. The lowest BCUT2D eigenvalue weighted by molar-refractivity contribution is -0.116. The van der Waals surface area contributed by atoms with Gasteiger partial charge in [0.05, 0.1) is 12.3 Å². The molecule has 0 fully saturated rings. The number of anilines is 2. The van der Waals surface area contributed by atoms with Crippen LogP contribution in [0.25, 0.3) is 0 Å². The van der Waals surface area contributed by atoms with E-state index in [0.29, 0.717) is 36.6 Å². The first-order valence-electron chi connectivity index (χ1n) is 6.68. The summed E-state index contributed by atoms with van der Waals surface area (Å²) < 4.78 is 18.5. The second-order valence-electron chi connectivity index (χ2n) is 4.55. The molecule has 0 heterocycles. The summed E-state index contributed by atoms with van der Waals surface area (Å²) in [6, 6.07) is 13.0. The summed E-state index contributed by atoms with van der Waals surface area (Å²) in [5.41, 5.74) is 6.76. The zero-order valence-corrected chi connectivity index (χ0v) is 11.5. The summed E-state index contributed by atoms with van der Waals surface area (Å²) in [4.78, 5) is 11.7. The number of hydrogen-bond donors (Lipinski definition) is 2. The van der Waals surface area contributed by atoms with Crippen LogP contribution >= 0.6 is 0 Å². The number of nitrogen functional groups attached to an aromatic ring is 1. The van der Waals surface area contributed by atoms with Crippen molar-refractivity contribution in [3.05, 3.63) is 54.3 Å². The zero-order chi connectivity index (χ0) is 15.1. The van der Waals surface area contributed by atoms with Gasteiger partial charge in [-0.05, 0) is 36.8 Å². The van der Waals surface area contributed by atoms with E-state index in [-0.39, 0.29) is 11.7 Å². The smallest absolute Gasteiger partial charge is 0.224 e. The highest BCUT2D eigenvalue weighted by molar-refractivity contribution is 5.90. The van der Waals surface area contributed by atoms with Crippen molar-refractivity contribution >= 4 is 17.3 Å². The monoisotopic (exact) mass is 288 g/mol. The second-order valence-corrected chi connectivity index (χ2v) is 4.55. The first-order chi connectivity index (χ1) is 10.1. The van der Waals surface area contributed by atoms with Gasteiger partial charge in [0, 0.05) is 12.1 Å². The number of carbonyl (C=O) groups is 1. The van der Waals surface area contributed by atoms with Gasteiger partial charge >= 0.3 is 0 Å². The lowest BCUT2D eigenvalue weighted by atomic mass is 10.2. The number of para-hydroxylation sites is 2. The summed E-state index contributed by atoms with van der Waals surface area (Å²) in [6.07, 6.45) is 0.846. The zero-order valence-electron chi connectivity index (χ0n) is 11.5. The molecule has 1 amide bonds. The van der Waals surface area contributed by atoms with Gasteiger partial charge in [0.25, 0.3) is 0 Å². The predicted octanol–water partition coefficient (Wildman–Crippen LogP) is 3.21. The van der Waals surface area contributed by atoms with E-state index in [2.05, 4.69) is 5.32 Å². The third-order valence-corrected chi connectivity index (χ3v) is 2.83. The van der Waals surface area contributed by atoms with Gasteiger partial charge < -0.3 is 15.8 Å². The molecule has 5 heteroatoms. The molecule has 0 unspecified atom stereocenters. The molecule has 0 aliphatic carbocycles. The number of rotatable bonds is 6. The van der Waals surface area contributed by atoms with Crippen LogP contribution < -0.4 is 15.8 Å². The van der Waals surface area contributed by atoms with Gasteiger partial charge in [-0.25, -0.2) is 4.39 Å². The SMILES string of the molecule is Nc1ccccc1OCCCC(=O)Nc1cccc(F)c1. The normalized spacial score (nSPS) is 10.1. The summed E-state index contributed by atoms with van der Waals surface area (Å²) in [6.45, 7) is 0.394. The first-order valence-corrected chi connectivity index (χ1v) is 6.68.